The third kappa shape index (κ3) is 4.63. The van der Waals surface area contributed by atoms with Crippen molar-refractivity contribution in [2.45, 2.75) is 44.4 Å². The maximum atomic E-state index is 14.6. The minimum absolute atomic E-state index is 0.0255. The summed E-state index contributed by atoms with van der Waals surface area (Å²) in [5.41, 5.74) is 1.20. The van der Waals surface area contributed by atoms with Crippen molar-refractivity contribution in [1.29, 1.82) is 0 Å². The Kier molecular flexibility index (Phi) is 6.35. The Morgan fingerprint density at radius 3 is 2.78 bits per heavy atom. The Morgan fingerprint density at radius 2 is 2.00 bits per heavy atom. The molecule has 1 fully saturated rings. The van der Waals surface area contributed by atoms with Crippen LogP contribution in [0.4, 0.5) is 19.0 Å². The van der Waals surface area contributed by atoms with Gasteiger partial charge in [0.05, 0.1) is 24.0 Å². The maximum Gasteiger partial charge on any atom is 0.269 e. The second kappa shape index (κ2) is 9.61. The molecule has 1 amide bonds. The van der Waals surface area contributed by atoms with E-state index in [0.717, 1.165) is 31.5 Å². The number of hydrogen-bond acceptors (Lipinski definition) is 6. The van der Waals surface area contributed by atoms with E-state index in [9.17, 15) is 23.1 Å². The minimum Gasteiger partial charge on any atom is -0.390 e. The van der Waals surface area contributed by atoms with Gasteiger partial charge >= 0.3 is 0 Å². The van der Waals surface area contributed by atoms with Crippen LogP contribution in [0.2, 0.25) is 0 Å². The number of hydrogen-bond donors (Lipinski definition) is 4. The lowest BCUT2D eigenvalue weighted by Crippen LogP contribution is -2.42. The molecule has 12 heteroatoms. The number of H-pyrrole nitrogens is 1. The molecule has 2 atom stereocenters. The summed E-state index contributed by atoms with van der Waals surface area (Å²) in [5, 5.41) is 19.7. The number of aromatic nitrogens is 5. The number of aliphatic hydroxyl groups excluding tert-OH is 1. The molecule has 4 aromatic rings. The van der Waals surface area contributed by atoms with Gasteiger partial charge in [0.25, 0.3) is 5.91 Å². The summed E-state index contributed by atoms with van der Waals surface area (Å²) in [4.78, 5) is 23.8. The molecule has 3 aromatic heterocycles. The van der Waals surface area contributed by atoms with Crippen molar-refractivity contribution in [3.63, 3.8) is 0 Å². The maximum absolute atomic E-state index is 14.6. The van der Waals surface area contributed by atoms with Crippen LogP contribution in [0.1, 0.15) is 41.9 Å². The molecule has 1 aliphatic rings. The normalized spacial score (nSPS) is 17.9. The van der Waals surface area contributed by atoms with E-state index < -0.39 is 17.5 Å². The fourth-order valence-electron chi connectivity index (χ4n) is 4.66. The quantitative estimate of drug-likeness (QED) is 0.323. The summed E-state index contributed by atoms with van der Waals surface area (Å²) in [6.07, 6.45) is 5.32. The van der Waals surface area contributed by atoms with E-state index in [-0.39, 0.29) is 47.1 Å². The van der Waals surface area contributed by atoms with Crippen molar-refractivity contribution in [3.8, 4) is 11.4 Å². The molecule has 1 aromatic carbocycles. The molecule has 1 saturated carbocycles. The molecule has 5 rings (SSSR count). The van der Waals surface area contributed by atoms with E-state index in [1.807, 2.05) is 0 Å². The van der Waals surface area contributed by atoms with Gasteiger partial charge in [-0.1, -0.05) is 0 Å². The Morgan fingerprint density at radius 1 is 1.19 bits per heavy atom. The standard InChI is InChI=1S/C24H24F3N7O2/c1-34-20(8-15(11-35)33-34)24(36)31-14-4-2-3-13(7-14)30-23-19(27)10-29-22(32-23)17-9-28-21-16(17)5-12(25)6-18(21)26/h5-6,8-10,13-14,28,35H,2-4,7,11H2,1H3,(H,31,36)(H,29,30,32)/t13-,14+/m0/s1. The summed E-state index contributed by atoms with van der Waals surface area (Å²) in [6, 6.07) is 3.16. The van der Waals surface area contributed by atoms with E-state index >= 15 is 0 Å². The number of halogens is 3. The molecule has 9 nitrogen and oxygen atoms in total. The Bertz CT molecular complexity index is 1430. The Labute approximate surface area is 203 Å². The minimum atomic E-state index is -0.745. The molecular formula is C24H24F3N7O2. The topological polar surface area (TPSA) is 121 Å². The lowest BCUT2D eigenvalue weighted by atomic mass is 9.91. The first kappa shape index (κ1) is 23.8. The van der Waals surface area contributed by atoms with Crippen molar-refractivity contribution < 1.29 is 23.1 Å². The molecule has 36 heavy (non-hydrogen) atoms. The summed E-state index contributed by atoms with van der Waals surface area (Å²) in [7, 11) is 1.63. The van der Waals surface area contributed by atoms with Crippen LogP contribution in [-0.4, -0.2) is 47.8 Å². The zero-order valence-electron chi connectivity index (χ0n) is 19.4. The van der Waals surface area contributed by atoms with Crippen molar-refractivity contribution in [1.82, 2.24) is 30.0 Å². The molecular weight excluding hydrogens is 475 g/mol. The lowest BCUT2D eigenvalue weighted by Gasteiger charge is -2.30. The van der Waals surface area contributed by atoms with E-state index in [1.165, 1.54) is 23.0 Å². The molecule has 3 heterocycles. The number of aliphatic hydroxyl groups is 1. The summed E-state index contributed by atoms with van der Waals surface area (Å²) in [5.74, 6) is -2.35. The van der Waals surface area contributed by atoms with Gasteiger partial charge in [0, 0.05) is 42.3 Å². The summed E-state index contributed by atoms with van der Waals surface area (Å²) < 4.78 is 43.9. The summed E-state index contributed by atoms with van der Waals surface area (Å²) in [6.45, 7) is -0.258. The van der Waals surface area contributed by atoms with Gasteiger partial charge < -0.3 is 20.7 Å². The highest BCUT2D eigenvalue weighted by molar-refractivity contribution is 5.94. The average Bonchev–Trinajstić information content (AvgIpc) is 3.44. The molecule has 0 unspecified atom stereocenters. The van der Waals surface area contributed by atoms with Gasteiger partial charge in [-0.3, -0.25) is 9.48 Å². The monoisotopic (exact) mass is 499 g/mol. The van der Waals surface area contributed by atoms with Crippen LogP contribution in [0.3, 0.4) is 0 Å². The van der Waals surface area contributed by atoms with Crippen LogP contribution in [0.5, 0.6) is 0 Å². The highest BCUT2D eigenvalue weighted by Crippen LogP contribution is 2.30. The SMILES string of the molecule is Cn1nc(CO)cc1C(=O)N[C@@H]1CCC[C@H](Nc2nc(-c3c[nH]c4c(F)cc(F)cc34)ncc2F)C1. The van der Waals surface area contributed by atoms with Crippen molar-refractivity contribution in [3.05, 3.63) is 59.4 Å². The number of fused-ring (bicyclic) bond motifs is 1. The predicted molar refractivity (Wildman–Crippen MR) is 125 cm³/mol. The second-order valence-electron chi connectivity index (χ2n) is 8.88. The third-order valence-corrected chi connectivity index (χ3v) is 6.37. The van der Waals surface area contributed by atoms with Crippen molar-refractivity contribution >= 4 is 22.6 Å². The van der Waals surface area contributed by atoms with Crippen molar-refractivity contribution in [2.24, 2.45) is 7.05 Å². The Hall–Kier alpha value is -3.93. The molecule has 0 saturated heterocycles. The highest BCUT2D eigenvalue weighted by atomic mass is 19.1. The molecule has 0 bridgehead atoms. The van der Waals surface area contributed by atoms with Gasteiger partial charge in [-0.15, -0.1) is 0 Å². The first-order chi connectivity index (χ1) is 17.3. The molecule has 0 aliphatic heterocycles. The number of anilines is 1. The van der Waals surface area contributed by atoms with Gasteiger partial charge in [-0.25, -0.2) is 23.1 Å². The molecule has 1 aliphatic carbocycles. The molecule has 0 spiro atoms. The van der Waals surface area contributed by atoms with Gasteiger partial charge in [-0.05, 0) is 37.8 Å². The average molecular weight is 499 g/mol. The number of aromatic amines is 1. The molecule has 4 N–H and O–H groups in total. The first-order valence-electron chi connectivity index (χ1n) is 11.5. The predicted octanol–water partition coefficient (Wildman–Crippen LogP) is 3.42. The lowest BCUT2D eigenvalue weighted by molar-refractivity contribution is 0.0917. The van der Waals surface area contributed by atoms with E-state index in [0.29, 0.717) is 23.4 Å². The van der Waals surface area contributed by atoms with E-state index in [1.54, 1.807) is 7.05 Å². The number of nitrogens with zero attached hydrogens (tertiary/aromatic N) is 4. The highest BCUT2D eigenvalue weighted by Gasteiger charge is 2.26. The van der Waals surface area contributed by atoms with Gasteiger partial charge in [0.2, 0.25) is 0 Å². The number of rotatable bonds is 6. The summed E-state index contributed by atoms with van der Waals surface area (Å²) >= 11 is 0. The number of aryl methyl sites for hydroxylation is 1. The van der Waals surface area contributed by atoms with Gasteiger partial charge in [-0.2, -0.15) is 5.10 Å². The fraction of sp³-hybridized carbons (Fsp3) is 0.333. The van der Waals surface area contributed by atoms with E-state index in [2.05, 4.69) is 30.7 Å². The van der Waals surface area contributed by atoms with Gasteiger partial charge in [0.15, 0.2) is 17.5 Å². The zero-order chi connectivity index (χ0) is 25.4. The largest absolute Gasteiger partial charge is 0.390 e. The van der Waals surface area contributed by atoms with Crippen LogP contribution >= 0.6 is 0 Å². The van der Waals surface area contributed by atoms with Crippen LogP contribution in [0.15, 0.2) is 30.6 Å². The second-order valence-corrected chi connectivity index (χ2v) is 8.88. The van der Waals surface area contributed by atoms with Crippen molar-refractivity contribution in [2.75, 3.05) is 5.32 Å². The van der Waals surface area contributed by atoms with Crippen LogP contribution in [0.25, 0.3) is 22.3 Å². The zero-order valence-corrected chi connectivity index (χ0v) is 19.4. The first-order valence-corrected chi connectivity index (χ1v) is 11.5. The van der Waals surface area contributed by atoms with Crippen LogP contribution < -0.4 is 10.6 Å². The number of carbonyl (C=O) groups is 1. The third-order valence-electron chi connectivity index (χ3n) is 6.37. The number of carbonyl (C=O) groups excluding carboxylic acids is 1. The van der Waals surface area contributed by atoms with Gasteiger partial charge in [0.1, 0.15) is 17.3 Å². The smallest absolute Gasteiger partial charge is 0.269 e. The molecule has 0 radical (unpaired) electrons. The van der Waals surface area contributed by atoms with E-state index in [4.69, 9.17) is 0 Å². The molecule has 188 valence electrons. The number of benzene rings is 1. The Balaban J connectivity index is 1.31. The van der Waals surface area contributed by atoms with Crippen LogP contribution in [0, 0.1) is 17.5 Å². The number of nitrogens with one attached hydrogen (secondary N) is 3. The fourth-order valence-corrected chi connectivity index (χ4v) is 4.66. The number of amides is 1. The van der Waals surface area contributed by atoms with Crippen LogP contribution in [-0.2, 0) is 13.7 Å².